The Labute approximate surface area is 151 Å². The highest BCUT2D eigenvalue weighted by atomic mass is 19.1. The molecule has 0 saturated carbocycles. The number of rotatable bonds is 5. The van der Waals surface area contributed by atoms with Gasteiger partial charge in [-0.25, -0.2) is 9.37 Å². The van der Waals surface area contributed by atoms with Gasteiger partial charge < -0.3 is 10.1 Å². The Kier molecular flexibility index (Phi) is 5.14. The fourth-order valence-corrected chi connectivity index (χ4v) is 2.68. The van der Waals surface area contributed by atoms with Crippen LogP contribution in [0.25, 0.3) is 0 Å². The molecule has 1 atom stereocenters. The first-order chi connectivity index (χ1) is 12.6. The largest absolute Gasteiger partial charge is 0.497 e. The summed E-state index contributed by atoms with van der Waals surface area (Å²) >= 11 is 0. The molecule has 3 rings (SSSR count). The van der Waals surface area contributed by atoms with Crippen molar-refractivity contribution in [3.63, 3.8) is 0 Å². The third-order valence-electron chi connectivity index (χ3n) is 4.15. The number of aromatic nitrogens is 1. The minimum absolute atomic E-state index is 0.247. The molecular formula is C21H18FN3O. The quantitative estimate of drug-likeness (QED) is 0.732. The first kappa shape index (κ1) is 17.4. The van der Waals surface area contributed by atoms with Crippen molar-refractivity contribution in [1.82, 2.24) is 4.98 Å². The van der Waals surface area contributed by atoms with Crippen LogP contribution in [0.4, 0.5) is 10.2 Å². The highest BCUT2D eigenvalue weighted by molar-refractivity contribution is 5.48. The van der Waals surface area contributed by atoms with Crippen molar-refractivity contribution in [2.24, 2.45) is 0 Å². The fourth-order valence-electron chi connectivity index (χ4n) is 2.68. The molecule has 1 heterocycles. The molecule has 26 heavy (non-hydrogen) atoms. The Hall–Kier alpha value is -3.39. The summed E-state index contributed by atoms with van der Waals surface area (Å²) in [7, 11) is 1.62. The second-order valence-corrected chi connectivity index (χ2v) is 5.88. The number of ether oxygens (including phenoxy) is 1. The van der Waals surface area contributed by atoms with Crippen LogP contribution in [-0.2, 0) is 0 Å². The number of methoxy groups -OCH3 is 1. The second kappa shape index (κ2) is 7.66. The number of nitriles is 1. The van der Waals surface area contributed by atoms with Crippen LogP contribution in [-0.4, -0.2) is 12.1 Å². The van der Waals surface area contributed by atoms with Crippen LogP contribution >= 0.6 is 0 Å². The number of pyridine rings is 1. The molecule has 3 aromatic rings. The van der Waals surface area contributed by atoms with Crippen LogP contribution in [0.1, 0.15) is 28.4 Å². The summed E-state index contributed by atoms with van der Waals surface area (Å²) in [5.41, 5.74) is 3.05. The molecule has 0 aliphatic carbocycles. The lowest BCUT2D eigenvalue weighted by atomic mass is 9.98. The normalized spacial score (nSPS) is 11.5. The van der Waals surface area contributed by atoms with Crippen LogP contribution in [0.2, 0.25) is 0 Å². The maximum absolute atomic E-state index is 13.3. The molecule has 0 bridgehead atoms. The van der Waals surface area contributed by atoms with Gasteiger partial charge >= 0.3 is 0 Å². The average Bonchev–Trinajstić information content (AvgIpc) is 2.68. The van der Waals surface area contributed by atoms with Gasteiger partial charge in [-0.15, -0.1) is 0 Å². The molecule has 0 saturated heterocycles. The third kappa shape index (κ3) is 3.81. The number of benzene rings is 2. The Bertz CT molecular complexity index is 931. The van der Waals surface area contributed by atoms with E-state index in [1.807, 2.05) is 43.3 Å². The van der Waals surface area contributed by atoms with Gasteiger partial charge in [0.25, 0.3) is 0 Å². The molecule has 0 fully saturated rings. The summed E-state index contributed by atoms with van der Waals surface area (Å²) in [4.78, 5) is 4.36. The van der Waals surface area contributed by atoms with Crippen molar-refractivity contribution in [3.05, 3.63) is 88.9 Å². The van der Waals surface area contributed by atoms with Crippen molar-refractivity contribution >= 4 is 5.82 Å². The van der Waals surface area contributed by atoms with Crippen LogP contribution in [0.3, 0.4) is 0 Å². The molecule has 1 aromatic heterocycles. The van der Waals surface area contributed by atoms with Gasteiger partial charge in [0.2, 0.25) is 0 Å². The highest BCUT2D eigenvalue weighted by Gasteiger charge is 2.16. The first-order valence-corrected chi connectivity index (χ1v) is 8.14. The van der Waals surface area contributed by atoms with Crippen molar-refractivity contribution in [2.45, 2.75) is 13.0 Å². The van der Waals surface area contributed by atoms with Gasteiger partial charge in [-0.3, -0.25) is 0 Å². The van der Waals surface area contributed by atoms with Gasteiger partial charge in [-0.1, -0.05) is 30.3 Å². The molecule has 4 nitrogen and oxygen atoms in total. The minimum atomic E-state index is -0.289. The van der Waals surface area contributed by atoms with E-state index in [-0.39, 0.29) is 11.9 Å². The molecule has 5 heteroatoms. The Morgan fingerprint density at radius 3 is 2.19 bits per heavy atom. The predicted octanol–water partition coefficient (Wildman–Crippen LogP) is 4.61. The van der Waals surface area contributed by atoms with E-state index in [1.165, 1.54) is 12.1 Å². The molecule has 2 aromatic carbocycles. The molecule has 0 aliphatic heterocycles. The third-order valence-corrected chi connectivity index (χ3v) is 4.15. The fraction of sp³-hybridized carbons (Fsp3) is 0.143. The van der Waals surface area contributed by atoms with Crippen molar-refractivity contribution in [3.8, 4) is 11.8 Å². The van der Waals surface area contributed by atoms with E-state index in [0.717, 1.165) is 22.4 Å². The molecule has 1 unspecified atom stereocenters. The van der Waals surface area contributed by atoms with Gasteiger partial charge in [0.05, 0.1) is 13.2 Å². The van der Waals surface area contributed by atoms with E-state index in [4.69, 9.17) is 4.74 Å². The lowest BCUT2D eigenvalue weighted by Crippen LogP contribution is -2.14. The maximum Gasteiger partial charge on any atom is 0.145 e. The van der Waals surface area contributed by atoms with Gasteiger partial charge in [-0.05, 0) is 53.9 Å². The second-order valence-electron chi connectivity index (χ2n) is 5.88. The highest BCUT2D eigenvalue weighted by Crippen LogP contribution is 2.28. The number of anilines is 1. The summed E-state index contributed by atoms with van der Waals surface area (Å²) in [6.45, 7) is 1.84. The van der Waals surface area contributed by atoms with E-state index in [0.29, 0.717) is 11.5 Å². The summed E-state index contributed by atoms with van der Waals surface area (Å²) in [6.07, 6.45) is 0. The number of hydrogen-bond donors (Lipinski definition) is 1. The van der Waals surface area contributed by atoms with Crippen LogP contribution in [0.5, 0.6) is 5.75 Å². The SMILES string of the molecule is COc1ccc(C(Nc2ccc(C)c(C#N)n2)c2ccc(F)cc2)cc1. The first-order valence-electron chi connectivity index (χ1n) is 8.14. The van der Waals surface area contributed by atoms with Gasteiger partial charge in [0.15, 0.2) is 0 Å². The maximum atomic E-state index is 13.3. The molecule has 0 spiro atoms. The monoisotopic (exact) mass is 347 g/mol. The van der Waals surface area contributed by atoms with Crippen LogP contribution < -0.4 is 10.1 Å². The number of nitrogens with zero attached hydrogens (tertiary/aromatic N) is 2. The molecule has 0 aliphatic rings. The van der Waals surface area contributed by atoms with Gasteiger partial charge in [0.1, 0.15) is 29.1 Å². The molecule has 1 N–H and O–H groups in total. The minimum Gasteiger partial charge on any atom is -0.497 e. The van der Waals surface area contributed by atoms with Crippen LogP contribution in [0, 0.1) is 24.1 Å². The van der Waals surface area contributed by atoms with E-state index in [9.17, 15) is 9.65 Å². The predicted molar refractivity (Wildman–Crippen MR) is 98.5 cm³/mol. The van der Waals surface area contributed by atoms with Crippen molar-refractivity contribution in [2.75, 3.05) is 12.4 Å². The van der Waals surface area contributed by atoms with E-state index >= 15 is 0 Å². The zero-order valence-corrected chi connectivity index (χ0v) is 14.5. The van der Waals surface area contributed by atoms with Crippen molar-refractivity contribution in [1.29, 1.82) is 5.26 Å². The number of hydrogen-bond acceptors (Lipinski definition) is 4. The Balaban J connectivity index is 1.99. The van der Waals surface area contributed by atoms with Crippen molar-refractivity contribution < 1.29 is 9.13 Å². The lowest BCUT2D eigenvalue weighted by molar-refractivity contribution is 0.414. The standard InChI is InChI=1S/C21H18FN3O/c1-14-3-12-20(24-19(14)13-23)25-21(15-4-8-17(22)9-5-15)16-6-10-18(26-2)11-7-16/h3-12,21H,1-2H3,(H,24,25). The summed E-state index contributed by atoms with van der Waals surface area (Å²) in [6, 6.07) is 19.5. The zero-order valence-electron chi connectivity index (χ0n) is 14.5. The summed E-state index contributed by atoms with van der Waals surface area (Å²) < 4.78 is 18.5. The summed E-state index contributed by atoms with van der Waals surface area (Å²) in [5.74, 6) is 1.05. The molecule has 130 valence electrons. The van der Waals surface area contributed by atoms with Crippen LogP contribution in [0.15, 0.2) is 60.7 Å². The smallest absolute Gasteiger partial charge is 0.145 e. The number of nitrogens with one attached hydrogen (secondary N) is 1. The topological polar surface area (TPSA) is 57.9 Å². The van der Waals surface area contributed by atoms with E-state index in [1.54, 1.807) is 19.2 Å². The lowest BCUT2D eigenvalue weighted by Gasteiger charge is -2.21. The average molecular weight is 347 g/mol. The van der Waals surface area contributed by atoms with Gasteiger partial charge in [0, 0.05) is 0 Å². The molecular weight excluding hydrogens is 329 g/mol. The Morgan fingerprint density at radius 2 is 1.62 bits per heavy atom. The van der Waals surface area contributed by atoms with E-state index < -0.39 is 0 Å². The summed E-state index contributed by atoms with van der Waals surface area (Å²) in [5, 5.41) is 12.5. The zero-order chi connectivity index (χ0) is 18.5. The number of halogens is 1. The number of aryl methyl sites for hydroxylation is 1. The van der Waals surface area contributed by atoms with E-state index in [2.05, 4.69) is 16.4 Å². The molecule has 0 radical (unpaired) electrons. The Morgan fingerprint density at radius 1 is 1.00 bits per heavy atom. The van der Waals surface area contributed by atoms with Gasteiger partial charge in [-0.2, -0.15) is 5.26 Å². The molecule has 0 amide bonds.